The van der Waals surface area contributed by atoms with Crippen molar-refractivity contribution >= 4 is 28.7 Å². The summed E-state index contributed by atoms with van der Waals surface area (Å²) in [4.78, 5) is 18.5. The van der Waals surface area contributed by atoms with Gasteiger partial charge in [0.15, 0.2) is 0 Å². The smallest absolute Gasteiger partial charge is 0.337 e. The Morgan fingerprint density at radius 2 is 1.68 bits per heavy atom. The molecule has 2 aliphatic rings. The molecule has 4 aromatic rings. The molecule has 3 heterocycles. The van der Waals surface area contributed by atoms with Gasteiger partial charge in [0, 0.05) is 31.0 Å². The van der Waals surface area contributed by atoms with Crippen LogP contribution in [0.4, 0.5) is 0 Å². The number of benzene rings is 3. The van der Waals surface area contributed by atoms with Gasteiger partial charge in [-0.1, -0.05) is 42.5 Å². The number of ether oxygens (including phenoxy) is 1. The zero-order valence-electron chi connectivity index (χ0n) is 21.8. The second-order valence-electron chi connectivity index (χ2n) is 10.4. The summed E-state index contributed by atoms with van der Waals surface area (Å²) < 4.78 is 7.15. The van der Waals surface area contributed by atoms with Crippen molar-refractivity contribution in [3.05, 3.63) is 113 Å². The number of fused-ring (bicyclic) bond motifs is 1. The van der Waals surface area contributed by atoms with E-state index in [1.807, 2.05) is 18.3 Å². The van der Waals surface area contributed by atoms with Crippen molar-refractivity contribution in [2.75, 3.05) is 26.7 Å². The molecule has 0 saturated carbocycles. The zero-order chi connectivity index (χ0) is 25.9. The molecular weight excluding hydrogens is 470 g/mol. The average Bonchev–Trinajstić information content (AvgIpc) is 3.64. The van der Waals surface area contributed by atoms with Gasteiger partial charge in [-0.15, -0.1) is 0 Å². The molecule has 5 nitrogen and oxygen atoms in total. The van der Waals surface area contributed by atoms with Gasteiger partial charge < -0.3 is 9.30 Å². The fourth-order valence-electron chi connectivity index (χ4n) is 5.73. The van der Waals surface area contributed by atoms with Gasteiger partial charge in [0.05, 0.1) is 19.2 Å². The number of piperidine rings is 1. The first kappa shape index (κ1) is 24.4. The van der Waals surface area contributed by atoms with Gasteiger partial charge in [-0.25, -0.2) is 4.79 Å². The van der Waals surface area contributed by atoms with E-state index in [4.69, 9.17) is 4.74 Å². The standard InChI is InChI=1S/C33H33N3O2/c1-38-33(37)29-9-7-26(8-10-29)28-13-17-35(18-14-28)22-25-4-11-32-30(20-25)15-19-36(32)23-24-2-5-27(6-3-24)31-12-16-34-21-31/h2-12,15-16,19-20,28H,13-14,17-18,21-23H2,1H3. The first-order valence-corrected chi connectivity index (χ1v) is 13.4. The molecule has 0 unspecified atom stereocenters. The molecule has 1 saturated heterocycles. The first-order valence-electron chi connectivity index (χ1n) is 13.4. The first-order chi connectivity index (χ1) is 18.7. The maximum absolute atomic E-state index is 11.7. The molecule has 0 N–H and O–H groups in total. The van der Waals surface area contributed by atoms with Crippen molar-refractivity contribution in [1.29, 1.82) is 0 Å². The minimum absolute atomic E-state index is 0.277. The van der Waals surface area contributed by atoms with E-state index in [1.54, 1.807) is 0 Å². The number of allylic oxidation sites excluding steroid dienone is 1. The molecule has 1 aromatic heterocycles. The Hall–Kier alpha value is -3.96. The Bertz CT molecular complexity index is 1490. The van der Waals surface area contributed by atoms with Crippen molar-refractivity contribution in [3.8, 4) is 0 Å². The third-order valence-corrected chi connectivity index (χ3v) is 7.95. The molecule has 1 fully saturated rings. The molecule has 0 aliphatic carbocycles. The molecule has 3 aromatic carbocycles. The molecule has 0 atom stereocenters. The molecule has 2 aliphatic heterocycles. The molecule has 0 radical (unpaired) electrons. The van der Waals surface area contributed by atoms with Gasteiger partial charge in [0.1, 0.15) is 0 Å². The third-order valence-electron chi connectivity index (χ3n) is 7.95. The van der Waals surface area contributed by atoms with E-state index in [9.17, 15) is 4.79 Å². The minimum atomic E-state index is -0.277. The van der Waals surface area contributed by atoms with Crippen LogP contribution in [0.3, 0.4) is 0 Å². The lowest BCUT2D eigenvalue weighted by Gasteiger charge is -2.32. The van der Waals surface area contributed by atoms with Crippen LogP contribution in [0.25, 0.3) is 16.5 Å². The van der Waals surface area contributed by atoms with Gasteiger partial charge in [0.25, 0.3) is 0 Å². The van der Waals surface area contributed by atoms with Crippen LogP contribution >= 0.6 is 0 Å². The Morgan fingerprint density at radius 1 is 0.921 bits per heavy atom. The highest BCUT2D eigenvalue weighted by molar-refractivity contribution is 5.90. The number of carbonyl (C=O) groups excluding carboxylic acids is 1. The predicted octanol–water partition coefficient (Wildman–Crippen LogP) is 6.32. The van der Waals surface area contributed by atoms with Crippen molar-refractivity contribution in [2.24, 2.45) is 4.99 Å². The van der Waals surface area contributed by atoms with E-state index >= 15 is 0 Å². The van der Waals surface area contributed by atoms with Crippen LogP contribution in [0.5, 0.6) is 0 Å². The van der Waals surface area contributed by atoms with E-state index in [0.717, 1.165) is 45.6 Å². The van der Waals surface area contributed by atoms with Crippen LogP contribution in [-0.2, 0) is 17.8 Å². The summed E-state index contributed by atoms with van der Waals surface area (Å²) in [5, 5.41) is 1.30. The van der Waals surface area contributed by atoms with Crippen LogP contribution in [0, 0.1) is 0 Å². The zero-order valence-corrected chi connectivity index (χ0v) is 21.8. The van der Waals surface area contributed by atoms with Crippen LogP contribution in [0.1, 0.15) is 51.4 Å². The molecular formula is C33H33N3O2. The van der Waals surface area contributed by atoms with Crippen LogP contribution in [0.15, 0.2) is 90.1 Å². The Labute approximate surface area is 224 Å². The van der Waals surface area contributed by atoms with E-state index in [0.29, 0.717) is 11.5 Å². The number of nitrogens with zero attached hydrogens (tertiary/aromatic N) is 3. The second kappa shape index (κ2) is 10.8. The molecule has 192 valence electrons. The average molecular weight is 504 g/mol. The third kappa shape index (κ3) is 5.20. The molecule has 0 spiro atoms. The number of hydrogen-bond acceptors (Lipinski definition) is 4. The summed E-state index contributed by atoms with van der Waals surface area (Å²) in [7, 11) is 1.42. The van der Waals surface area contributed by atoms with E-state index in [-0.39, 0.29) is 5.97 Å². The summed E-state index contributed by atoms with van der Waals surface area (Å²) in [6.07, 6.45) is 8.46. The lowest BCUT2D eigenvalue weighted by atomic mass is 9.89. The van der Waals surface area contributed by atoms with E-state index in [1.165, 1.54) is 45.8 Å². The highest BCUT2D eigenvalue weighted by Gasteiger charge is 2.21. The summed E-state index contributed by atoms with van der Waals surface area (Å²) in [5.41, 5.74) is 8.43. The summed E-state index contributed by atoms with van der Waals surface area (Å²) in [6.45, 7) is 4.81. The van der Waals surface area contributed by atoms with Gasteiger partial charge in [-0.2, -0.15) is 0 Å². The van der Waals surface area contributed by atoms with Gasteiger partial charge in [-0.3, -0.25) is 9.89 Å². The maximum atomic E-state index is 11.7. The number of methoxy groups -OCH3 is 1. The monoisotopic (exact) mass is 503 g/mol. The fourth-order valence-corrected chi connectivity index (χ4v) is 5.73. The number of aromatic nitrogens is 1. The number of likely N-dealkylation sites (tertiary alicyclic amines) is 1. The molecule has 6 rings (SSSR count). The van der Waals surface area contributed by atoms with Crippen molar-refractivity contribution in [1.82, 2.24) is 9.47 Å². The Morgan fingerprint density at radius 3 is 2.39 bits per heavy atom. The lowest BCUT2D eigenvalue weighted by Crippen LogP contribution is -2.32. The molecule has 0 bridgehead atoms. The number of rotatable bonds is 7. The highest BCUT2D eigenvalue weighted by atomic mass is 16.5. The van der Waals surface area contributed by atoms with Gasteiger partial charge in [-0.05, 0) is 101 Å². The Balaban J connectivity index is 1.05. The minimum Gasteiger partial charge on any atom is -0.465 e. The lowest BCUT2D eigenvalue weighted by molar-refractivity contribution is 0.0600. The van der Waals surface area contributed by atoms with Crippen LogP contribution in [-0.4, -0.2) is 48.4 Å². The quantitative estimate of drug-likeness (QED) is 0.277. The molecule has 38 heavy (non-hydrogen) atoms. The van der Waals surface area contributed by atoms with Crippen molar-refractivity contribution in [3.63, 3.8) is 0 Å². The summed E-state index contributed by atoms with van der Waals surface area (Å²) in [5.74, 6) is 0.271. The second-order valence-corrected chi connectivity index (χ2v) is 10.4. The fraction of sp³-hybridized carbons (Fsp3) is 0.273. The molecule has 0 amide bonds. The number of esters is 1. The van der Waals surface area contributed by atoms with Gasteiger partial charge in [0.2, 0.25) is 0 Å². The predicted molar refractivity (Wildman–Crippen MR) is 154 cm³/mol. The van der Waals surface area contributed by atoms with E-state index in [2.05, 4.69) is 87.4 Å². The normalized spacial score (nSPS) is 16.2. The maximum Gasteiger partial charge on any atom is 0.337 e. The van der Waals surface area contributed by atoms with Crippen LogP contribution < -0.4 is 0 Å². The number of aliphatic imine (C=N–C) groups is 1. The number of carbonyl (C=O) groups is 1. The number of hydrogen-bond donors (Lipinski definition) is 0. The topological polar surface area (TPSA) is 46.8 Å². The molecule has 5 heteroatoms. The van der Waals surface area contributed by atoms with Crippen LogP contribution in [0.2, 0.25) is 0 Å². The van der Waals surface area contributed by atoms with Crippen molar-refractivity contribution in [2.45, 2.75) is 31.8 Å². The largest absolute Gasteiger partial charge is 0.465 e. The van der Waals surface area contributed by atoms with Gasteiger partial charge >= 0.3 is 5.97 Å². The highest BCUT2D eigenvalue weighted by Crippen LogP contribution is 2.29. The van der Waals surface area contributed by atoms with E-state index < -0.39 is 0 Å². The summed E-state index contributed by atoms with van der Waals surface area (Å²) in [6, 6.07) is 25.9. The Kier molecular flexibility index (Phi) is 6.93. The summed E-state index contributed by atoms with van der Waals surface area (Å²) >= 11 is 0. The SMILES string of the molecule is COC(=O)c1ccc(C2CCN(Cc3ccc4c(ccn4Cc4ccc(C5=CC=NC5)cc4)c3)CC2)cc1. The van der Waals surface area contributed by atoms with Crippen molar-refractivity contribution < 1.29 is 9.53 Å².